The van der Waals surface area contributed by atoms with Crippen molar-refractivity contribution < 1.29 is 9.53 Å². The molecule has 0 aliphatic carbocycles. The van der Waals surface area contributed by atoms with E-state index in [-0.39, 0.29) is 11.9 Å². The highest BCUT2D eigenvalue weighted by molar-refractivity contribution is 6.36. The largest absolute Gasteiger partial charge is 0.342 e. The first kappa shape index (κ1) is 8.02. The zero-order chi connectivity index (χ0) is 7.94. The molecule has 2 nitrogen and oxygen atoms in total. The summed E-state index contributed by atoms with van der Waals surface area (Å²) in [5.74, 6) is 0.231. The molecular weight excluding hydrogens is 152 g/mol. The smallest absolute Gasteiger partial charge is 0.226 e. The number of ketones is 1. The molecule has 58 valence electrons. The molecular formula is C7H11ClO2. The lowest BCUT2D eigenvalue weighted by atomic mass is 10.1. The lowest BCUT2D eigenvalue weighted by molar-refractivity contribution is -0.119. The van der Waals surface area contributed by atoms with Crippen molar-refractivity contribution in [2.45, 2.75) is 31.9 Å². The first-order chi connectivity index (χ1) is 4.48. The number of hydrogen-bond acceptors (Lipinski definition) is 2. The highest BCUT2D eigenvalue weighted by atomic mass is 35.5. The molecule has 2 atom stereocenters. The molecule has 0 spiro atoms. The van der Waals surface area contributed by atoms with Gasteiger partial charge in [-0.05, 0) is 12.8 Å². The molecule has 0 N–H and O–H groups in total. The van der Waals surface area contributed by atoms with Crippen LogP contribution in [0.3, 0.4) is 0 Å². The minimum atomic E-state index is -0.978. The number of carbonyl (C=O) groups is 1. The normalized spacial score (nSPS) is 38.3. The fraction of sp³-hybridized carbons (Fsp3) is 0.857. The van der Waals surface area contributed by atoms with Gasteiger partial charge >= 0.3 is 0 Å². The average Bonchev–Trinajstić information content (AvgIpc) is 2.43. The second-order valence-corrected chi connectivity index (χ2v) is 3.55. The van der Waals surface area contributed by atoms with Crippen LogP contribution in [-0.2, 0) is 9.53 Å². The molecule has 2 unspecified atom stereocenters. The van der Waals surface area contributed by atoms with E-state index < -0.39 is 5.06 Å². The SMILES string of the molecule is CC(=O)C1(Cl)OC1C(C)C. The highest BCUT2D eigenvalue weighted by Gasteiger charge is 2.60. The van der Waals surface area contributed by atoms with Crippen LogP contribution >= 0.6 is 11.6 Å². The van der Waals surface area contributed by atoms with Crippen molar-refractivity contribution in [3.8, 4) is 0 Å². The summed E-state index contributed by atoms with van der Waals surface area (Å²) in [6.45, 7) is 5.42. The van der Waals surface area contributed by atoms with Crippen LogP contribution in [-0.4, -0.2) is 16.9 Å². The lowest BCUT2D eigenvalue weighted by Crippen LogP contribution is -2.19. The number of carbonyl (C=O) groups excluding carboxylic acids is 1. The van der Waals surface area contributed by atoms with Gasteiger partial charge in [0.2, 0.25) is 5.06 Å². The maximum atomic E-state index is 10.8. The van der Waals surface area contributed by atoms with E-state index in [1.165, 1.54) is 6.92 Å². The molecule has 0 radical (unpaired) electrons. The van der Waals surface area contributed by atoms with E-state index in [9.17, 15) is 4.79 Å². The number of hydrogen-bond donors (Lipinski definition) is 0. The fourth-order valence-corrected chi connectivity index (χ4v) is 1.35. The zero-order valence-corrected chi connectivity index (χ0v) is 7.11. The molecule has 0 aromatic heterocycles. The summed E-state index contributed by atoms with van der Waals surface area (Å²) in [5, 5.41) is -0.978. The molecule has 0 aromatic carbocycles. The molecule has 1 fully saturated rings. The second kappa shape index (κ2) is 2.21. The Kier molecular flexibility index (Phi) is 1.77. The predicted octanol–water partition coefficient (Wildman–Crippen LogP) is 1.57. The molecule has 1 aliphatic rings. The van der Waals surface area contributed by atoms with Gasteiger partial charge < -0.3 is 4.74 Å². The van der Waals surface area contributed by atoms with Crippen molar-refractivity contribution in [3.05, 3.63) is 0 Å². The molecule has 0 aromatic rings. The van der Waals surface area contributed by atoms with Crippen molar-refractivity contribution in [2.75, 3.05) is 0 Å². The van der Waals surface area contributed by atoms with Crippen LogP contribution in [0, 0.1) is 5.92 Å². The number of halogens is 1. The van der Waals surface area contributed by atoms with Crippen molar-refractivity contribution in [2.24, 2.45) is 5.92 Å². The molecule has 1 aliphatic heterocycles. The van der Waals surface area contributed by atoms with Gasteiger partial charge in [-0.25, -0.2) is 0 Å². The predicted molar refractivity (Wildman–Crippen MR) is 39.0 cm³/mol. The van der Waals surface area contributed by atoms with Gasteiger partial charge in [0.25, 0.3) is 0 Å². The topological polar surface area (TPSA) is 29.6 Å². The Hall–Kier alpha value is -0.0800. The Morgan fingerprint density at radius 3 is 2.30 bits per heavy atom. The molecule has 0 amide bonds. The Bertz CT molecular complexity index is 167. The molecule has 1 rings (SSSR count). The van der Waals surface area contributed by atoms with Crippen LogP contribution in [0.25, 0.3) is 0 Å². The summed E-state index contributed by atoms with van der Waals surface area (Å²) in [7, 11) is 0. The van der Waals surface area contributed by atoms with Crippen LogP contribution in [0.4, 0.5) is 0 Å². The van der Waals surface area contributed by atoms with E-state index in [0.717, 1.165) is 0 Å². The Labute approximate surface area is 65.5 Å². The van der Waals surface area contributed by atoms with E-state index in [2.05, 4.69) is 0 Å². The summed E-state index contributed by atoms with van der Waals surface area (Å²) in [6, 6.07) is 0. The Morgan fingerprint density at radius 1 is 1.70 bits per heavy atom. The van der Waals surface area contributed by atoms with Crippen LogP contribution < -0.4 is 0 Å². The van der Waals surface area contributed by atoms with E-state index >= 15 is 0 Å². The van der Waals surface area contributed by atoms with Crippen LogP contribution in [0.1, 0.15) is 20.8 Å². The number of alkyl halides is 1. The summed E-state index contributed by atoms with van der Waals surface area (Å²) in [4.78, 5) is 10.8. The van der Waals surface area contributed by atoms with Gasteiger partial charge in [-0.3, -0.25) is 4.79 Å². The minimum Gasteiger partial charge on any atom is -0.342 e. The summed E-state index contributed by atoms with van der Waals surface area (Å²) >= 11 is 5.77. The monoisotopic (exact) mass is 162 g/mol. The van der Waals surface area contributed by atoms with E-state index in [0.29, 0.717) is 5.92 Å². The molecule has 3 heteroatoms. The molecule has 0 saturated carbocycles. The van der Waals surface area contributed by atoms with Gasteiger partial charge in [0.1, 0.15) is 6.10 Å². The number of Topliss-reactive ketones (excluding diaryl/α,β-unsaturated/α-hetero) is 1. The van der Waals surface area contributed by atoms with E-state index in [4.69, 9.17) is 16.3 Å². The first-order valence-corrected chi connectivity index (χ1v) is 3.74. The fourth-order valence-electron chi connectivity index (χ4n) is 0.999. The molecule has 1 saturated heterocycles. The number of epoxide rings is 1. The van der Waals surface area contributed by atoms with E-state index in [1.54, 1.807) is 0 Å². The zero-order valence-electron chi connectivity index (χ0n) is 6.35. The van der Waals surface area contributed by atoms with Crippen molar-refractivity contribution >= 4 is 17.4 Å². The third-order valence-electron chi connectivity index (χ3n) is 1.69. The van der Waals surface area contributed by atoms with Crippen LogP contribution in [0.15, 0.2) is 0 Å². The standard InChI is InChI=1S/C7H11ClO2/c1-4(2)6-7(8,10-6)5(3)9/h4,6H,1-3H3. The lowest BCUT2D eigenvalue weighted by Gasteiger charge is -1.99. The minimum absolute atomic E-state index is 0.0772. The Morgan fingerprint density at radius 2 is 2.20 bits per heavy atom. The summed E-state index contributed by atoms with van der Waals surface area (Å²) in [5.41, 5.74) is 0. The summed E-state index contributed by atoms with van der Waals surface area (Å²) < 4.78 is 5.04. The van der Waals surface area contributed by atoms with Gasteiger partial charge in [-0.2, -0.15) is 0 Å². The van der Waals surface area contributed by atoms with Crippen LogP contribution in [0.5, 0.6) is 0 Å². The highest BCUT2D eigenvalue weighted by Crippen LogP contribution is 2.45. The molecule has 0 bridgehead atoms. The number of rotatable bonds is 2. The summed E-state index contributed by atoms with van der Waals surface area (Å²) in [6.07, 6.45) is -0.0772. The molecule has 1 heterocycles. The third-order valence-corrected chi connectivity index (χ3v) is 2.26. The maximum Gasteiger partial charge on any atom is 0.226 e. The average molecular weight is 163 g/mol. The first-order valence-electron chi connectivity index (χ1n) is 3.36. The van der Waals surface area contributed by atoms with Crippen molar-refractivity contribution in [3.63, 3.8) is 0 Å². The molecule has 10 heavy (non-hydrogen) atoms. The third kappa shape index (κ3) is 1.06. The second-order valence-electron chi connectivity index (χ2n) is 2.98. The van der Waals surface area contributed by atoms with Gasteiger partial charge in [0.05, 0.1) is 0 Å². The Balaban J connectivity index is 2.56. The quantitative estimate of drug-likeness (QED) is 0.456. The van der Waals surface area contributed by atoms with Gasteiger partial charge in [0.15, 0.2) is 5.78 Å². The van der Waals surface area contributed by atoms with Crippen molar-refractivity contribution in [1.29, 1.82) is 0 Å². The van der Waals surface area contributed by atoms with Crippen LogP contribution in [0.2, 0.25) is 0 Å². The van der Waals surface area contributed by atoms with Gasteiger partial charge in [-0.1, -0.05) is 25.4 Å². The van der Waals surface area contributed by atoms with E-state index in [1.807, 2.05) is 13.8 Å². The maximum absolute atomic E-state index is 10.8. The number of ether oxygens (including phenoxy) is 1. The van der Waals surface area contributed by atoms with Crippen molar-refractivity contribution in [1.82, 2.24) is 0 Å². The van der Waals surface area contributed by atoms with Gasteiger partial charge in [0, 0.05) is 0 Å². The van der Waals surface area contributed by atoms with Gasteiger partial charge in [-0.15, -0.1) is 0 Å².